The molecule has 0 saturated heterocycles. The quantitative estimate of drug-likeness (QED) is 0.160. The van der Waals surface area contributed by atoms with E-state index in [4.69, 9.17) is 46.4 Å². The molecule has 0 amide bonds. The summed E-state index contributed by atoms with van der Waals surface area (Å²) in [5.41, 5.74) is 0.293. The van der Waals surface area contributed by atoms with Crippen molar-refractivity contribution in [1.29, 1.82) is 0 Å². The van der Waals surface area contributed by atoms with Crippen molar-refractivity contribution in [2.24, 2.45) is 4.99 Å². The van der Waals surface area contributed by atoms with Crippen molar-refractivity contribution >= 4 is 58.4 Å². The number of halogens is 10. The second kappa shape index (κ2) is 10.5. The predicted octanol–water partition coefficient (Wildman–Crippen LogP) is 7.87. The summed E-state index contributed by atoms with van der Waals surface area (Å²) < 4.78 is 77.3. The molecule has 1 atom stereocenters. The molecule has 0 aliphatic carbocycles. The molecule has 12 heteroatoms. The van der Waals surface area contributed by atoms with E-state index in [1.807, 2.05) is 0 Å². The van der Waals surface area contributed by atoms with Gasteiger partial charge in [0.25, 0.3) is 0 Å². The number of hydrogen-bond acceptors (Lipinski definition) is 2. The van der Waals surface area contributed by atoms with Gasteiger partial charge in [0.05, 0.1) is 34.0 Å². The normalized spacial score (nSPS) is 14.2. The van der Waals surface area contributed by atoms with E-state index < -0.39 is 37.1 Å². The van der Waals surface area contributed by atoms with Gasteiger partial charge in [0, 0.05) is 5.02 Å². The molecule has 2 rings (SSSR count). The van der Waals surface area contributed by atoms with Gasteiger partial charge in [0.1, 0.15) is 0 Å². The lowest BCUT2D eigenvalue weighted by atomic mass is 9.97. The molecule has 0 spiro atoms. The van der Waals surface area contributed by atoms with Crippen LogP contribution < -0.4 is 5.11 Å². The third kappa shape index (κ3) is 7.76. The van der Waals surface area contributed by atoms with Gasteiger partial charge in [-0.2, -0.15) is 26.3 Å². The van der Waals surface area contributed by atoms with Crippen molar-refractivity contribution in [3.05, 3.63) is 73.2 Å². The van der Waals surface area contributed by atoms with Crippen LogP contribution in [0.1, 0.15) is 29.0 Å². The van der Waals surface area contributed by atoms with Crippen molar-refractivity contribution in [2.45, 2.75) is 31.2 Å². The summed E-state index contributed by atoms with van der Waals surface area (Å²) in [4.78, 5) is 3.29. The van der Waals surface area contributed by atoms with Crippen LogP contribution in [0.25, 0.3) is 6.08 Å². The molecule has 0 aliphatic heterocycles. The SMILES string of the molecule is [O-]C(CC(F)(F)F)=NCc1ccc(/C=C/C(c2cc(Cl)c(Cl)c(Cl)c2)C(F)(F)F)cc1Cl. The summed E-state index contributed by atoms with van der Waals surface area (Å²) in [5, 5.41) is 10.9. The Kier molecular flexibility index (Phi) is 8.78. The van der Waals surface area contributed by atoms with Crippen LogP contribution in [-0.2, 0) is 6.54 Å². The summed E-state index contributed by atoms with van der Waals surface area (Å²) in [6, 6.07) is 6.16. The van der Waals surface area contributed by atoms with Crippen LogP contribution in [0.15, 0.2) is 41.4 Å². The molecule has 174 valence electrons. The maximum atomic E-state index is 13.6. The number of allylic oxidation sites excluding steroid dienone is 1. The molecule has 0 heterocycles. The number of alkyl halides is 6. The molecular formula is C20H12Cl4F6NO-. The lowest BCUT2D eigenvalue weighted by Crippen LogP contribution is -2.25. The maximum absolute atomic E-state index is 13.6. The molecule has 0 bridgehead atoms. The Morgan fingerprint density at radius 3 is 2.03 bits per heavy atom. The van der Waals surface area contributed by atoms with Gasteiger partial charge in [-0.05, 0) is 40.8 Å². The molecule has 0 radical (unpaired) electrons. The number of hydrogen-bond donors (Lipinski definition) is 0. The topological polar surface area (TPSA) is 35.4 Å². The van der Waals surface area contributed by atoms with E-state index in [9.17, 15) is 31.4 Å². The smallest absolute Gasteiger partial charge is 0.399 e. The first-order chi connectivity index (χ1) is 14.7. The molecule has 2 aromatic rings. The standard InChI is InChI=1S/C20H13Cl4F6NO/c21-14-5-10(1-3-11(14)9-31-17(32)8-19(25,26)27)2-4-13(20(28,29)30)12-6-15(22)18(24)16(23)7-12/h1-7,13H,8-9H2,(H,31,32)/p-1/b4-2+. The van der Waals surface area contributed by atoms with Gasteiger partial charge in [-0.3, -0.25) is 0 Å². The Morgan fingerprint density at radius 1 is 0.938 bits per heavy atom. The van der Waals surface area contributed by atoms with E-state index in [-0.39, 0.29) is 36.8 Å². The summed E-state index contributed by atoms with van der Waals surface area (Å²) >= 11 is 23.5. The van der Waals surface area contributed by atoms with Crippen LogP contribution in [0.3, 0.4) is 0 Å². The van der Waals surface area contributed by atoms with Crippen LogP contribution in [0.2, 0.25) is 20.1 Å². The fraction of sp³-hybridized carbons (Fsp3) is 0.250. The summed E-state index contributed by atoms with van der Waals surface area (Å²) in [6.07, 6.45) is -9.00. The highest BCUT2D eigenvalue weighted by atomic mass is 35.5. The highest BCUT2D eigenvalue weighted by Crippen LogP contribution is 2.41. The summed E-state index contributed by atoms with van der Waals surface area (Å²) in [7, 11) is 0. The highest BCUT2D eigenvalue weighted by molar-refractivity contribution is 6.48. The van der Waals surface area contributed by atoms with Crippen LogP contribution in [0.4, 0.5) is 26.3 Å². The first-order valence-corrected chi connectivity index (χ1v) is 10.1. The molecule has 0 N–H and O–H groups in total. The predicted molar refractivity (Wildman–Crippen MR) is 113 cm³/mol. The zero-order valence-corrected chi connectivity index (χ0v) is 18.7. The van der Waals surface area contributed by atoms with E-state index in [1.165, 1.54) is 18.2 Å². The minimum Gasteiger partial charge on any atom is -0.862 e. The van der Waals surface area contributed by atoms with Crippen LogP contribution in [0.5, 0.6) is 0 Å². The fourth-order valence-corrected chi connectivity index (χ4v) is 3.43. The number of rotatable bonds is 6. The molecule has 1 unspecified atom stereocenters. The maximum Gasteiger partial charge on any atom is 0.399 e. The zero-order valence-electron chi connectivity index (χ0n) is 15.7. The average molecular weight is 538 g/mol. The second-order valence-corrected chi connectivity index (χ2v) is 8.13. The molecule has 2 aromatic carbocycles. The van der Waals surface area contributed by atoms with Crippen LogP contribution >= 0.6 is 46.4 Å². The van der Waals surface area contributed by atoms with E-state index in [0.29, 0.717) is 0 Å². The monoisotopic (exact) mass is 536 g/mol. The van der Waals surface area contributed by atoms with Crippen LogP contribution in [0, 0.1) is 0 Å². The molecule has 32 heavy (non-hydrogen) atoms. The third-order valence-electron chi connectivity index (χ3n) is 4.05. The number of benzene rings is 2. The highest BCUT2D eigenvalue weighted by Gasteiger charge is 2.39. The molecule has 2 nitrogen and oxygen atoms in total. The third-order valence-corrected chi connectivity index (χ3v) is 5.60. The van der Waals surface area contributed by atoms with E-state index in [0.717, 1.165) is 24.3 Å². The Morgan fingerprint density at radius 2 is 1.53 bits per heavy atom. The number of nitrogens with zero attached hydrogens (tertiary/aromatic N) is 1. The molecular weight excluding hydrogens is 526 g/mol. The van der Waals surface area contributed by atoms with Gasteiger partial charge in [-0.25, -0.2) is 0 Å². The minimum atomic E-state index is -4.67. The lowest BCUT2D eigenvalue weighted by molar-refractivity contribution is -0.232. The fourth-order valence-electron chi connectivity index (χ4n) is 2.57. The first kappa shape index (κ1) is 26.6. The van der Waals surface area contributed by atoms with Gasteiger partial charge in [-0.15, -0.1) is 0 Å². The zero-order chi connectivity index (χ0) is 24.3. The van der Waals surface area contributed by atoms with Crippen molar-refractivity contribution in [3.63, 3.8) is 0 Å². The minimum absolute atomic E-state index is 0.0249. The Balaban J connectivity index is 2.25. The number of aliphatic imine (C=N–C) groups is 1. The van der Waals surface area contributed by atoms with E-state index in [2.05, 4.69) is 4.99 Å². The molecule has 0 saturated carbocycles. The van der Waals surface area contributed by atoms with Gasteiger partial charge >= 0.3 is 12.4 Å². The lowest BCUT2D eigenvalue weighted by Gasteiger charge is -2.18. The van der Waals surface area contributed by atoms with Crippen molar-refractivity contribution in [3.8, 4) is 0 Å². The summed E-state index contributed by atoms with van der Waals surface area (Å²) in [6.45, 7) is -0.398. The molecule has 0 aromatic heterocycles. The van der Waals surface area contributed by atoms with Crippen molar-refractivity contribution in [1.82, 2.24) is 0 Å². The van der Waals surface area contributed by atoms with Crippen molar-refractivity contribution in [2.75, 3.05) is 0 Å². The largest absolute Gasteiger partial charge is 0.862 e. The van der Waals surface area contributed by atoms with Crippen LogP contribution in [-0.4, -0.2) is 18.3 Å². The summed E-state index contributed by atoms with van der Waals surface area (Å²) in [5.74, 6) is -3.41. The average Bonchev–Trinajstić information content (AvgIpc) is 2.63. The van der Waals surface area contributed by atoms with Gasteiger partial charge in [-0.1, -0.05) is 70.7 Å². The molecule has 0 fully saturated rings. The van der Waals surface area contributed by atoms with Crippen molar-refractivity contribution < 1.29 is 31.4 Å². The van der Waals surface area contributed by atoms with Gasteiger partial charge < -0.3 is 10.1 Å². The van der Waals surface area contributed by atoms with E-state index in [1.54, 1.807) is 0 Å². The van der Waals surface area contributed by atoms with Gasteiger partial charge in [0.15, 0.2) is 0 Å². The Hall–Kier alpha value is -1.61. The van der Waals surface area contributed by atoms with E-state index >= 15 is 0 Å². The molecule has 0 aliphatic rings. The second-order valence-electron chi connectivity index (χ2n) is 6.53. The van der Waals surface area contributed by atoms with Gasteiger partial charge in [0.2, 0.25) is 0 Å². The Bertz CT molecular complexity index is 1010. The first-order valence-electron chi connectivity index (χ1n) is 8.62. The Labute approximate surface area is 199 Å².